The van der Waals surface area contributed by atoms with E-state index in [9.17, 15) is 0 Å². The van der Waals surface area contributed by atoms with Crippen molar-refractivity contribution in [1.82, 2.24) is 9.97 Å². The van der Waals surface area contributed by atoms with E-state index in [1.165, 1.54) is 0 Å². The van der Waals surface area contributed by atoms with Crippen molar-refractivity contribution in [3.63, 3.8) is 0 Å². The first-order chi connectivity index (χ1) is 7.28. The van der Waals surface area contributed by atoms with Crippen molar-refractivity contribution in [2.24, 2.45) is 0 Å². The molecule has 0 saturated heterocycles. The van der Waals surface area contributed by atoms with Crippen LogP contribution in [0.1, 0.15) is 22.6 Å². The fourth-order valence-corrected chi connectivity index (χ4v) is 1.45. The third-order valence-corrected chi connectivity index (χ3v) is 2.21. The summed E-state index contributed by atoms with van der Waals surface area (Å²) in [7, 11) is 0. The molecule has 1 heterocycles. The fourth-order valence-electron chi connectivity index (χ4n) is 1.45. The Bertz CT molecular complexity index is 488. The van der Waals surface area contributed by atoms with E-state index in [0.717, 1.165) is 23.5 Å². The number of H-pyrrole nitrogens is 1. The Labute approximate surface area is 88.4 Å². The second-order valence-electron chi connectivity index (χ2n) is 3.50. The predicted octanol–water partition coefficient (Wildman–Crippen LogP) is 2.18. The molecule has 0 fully saturated rings. The Morgan fingerprint density at radius 2 is 2.07 bits per heavy atom. The van der Waals surface area contributed by atoms with Crippen molar-refractivity contribution >= 4 is 0 Å². The van der Waals surface area contributed by atoms with Crippen LogP contribution in [-0.4, -0.2) is 9.97 Å². The van der Waals surface area contributed by atoms with Gasteiger partial charge in [0.2, 0.25) is 0 Å². The number of aromatic amines is 1. The molecule has 0 amide bonds. The molecule has 2 rings (SSSR count). The molecule has 1 N–H and O–H groups in total. The highest BCUT2D eigenvalue weighted by Gasteiger charge is 1.99. The lowest BCUT2D eigenvalue weighted by Gasteiger charge is -1.97. The van der Waals surface area contributed by atoms with Crippen LogP contribution in [0.15, 0.2) is 30.5 Å². The van der Waals surface area contributed by atoms with E-state index in [1.807, 2.05) is 37.4 Å². The minimum absolute atomic E-state index is 0.689. The highest BCUT2D eigenvalue weighted by Crippen LogP contribution is 2.08. The maximum absolute atomic E-state index is 8.65. The van der Waals surface area contributed by atoms with Crippen molar-refractivity contribution < 1.29 is 0 Å². The summed E-state index contributed by atoms with van der Waals surface area (Å²) in [5.41, 5.74) is 2.91. The van der Waals surface area contributed by atoms with Gasteiger partial charge >= 0.3 is 0 Å². The van der Waals surface area contributed by atoms with Crippen molar-refractivity contribution in [3.8, 4) is 6.07 Å². The highest BCUT2D eigenvalue weighted by atomic mass is 14.9. The number of benzene rings is 1. The van der Waals surface area contributed by atoms with Gasteiger partial charge in [0.05, 0.1) is 11.6 Å². The van der Waals surface area contributed by atoms with Crippen molar-refractivity contribution in [2.45, 2.75) is 13.3 Å². The molecule has 0 aliphatic heterocycles. The fraction of sp³-hybridized carbons (Fsp3) is 0.167. The molecular weight excluding hydrogens is 186 g/mol. The summed E-state index contributed by atoms with van der Waals surface area (Å²) in [4.78, 5) is 7.41. The summed E-state index contributed by atoms with van der Waals surface area (Å²) >= 11 is 0. The topological polar surface area (TPSA) is 52.5 Å². The standard InChI is InChI=1S/C12H11N3/c1-9-8-14-12(15-9)6-10-2-4-11(7-13)5-3-10/h2-5,8H,6H2,1H3,(H,14,15). The lowest BCUT2D eigenvalue weighted by molar-refractivity contribution is 1.02. The summed E-state index contributed by atoms with van der Waals surface area (Å²) < 4.78 is 0. The molecule has 0 atom stereocenters. The van der Waals surface area contributed by atoms with Gasteiger partial charge in [0, 0.05) is 18.3 Å². The molecule has 1 aromatic heterocycles. The van der Waals surface area contributed by atoms with Gasteiger partial charge in [0.1, 0.15) is 5.82 Å². The van der Waals surface area contributed by atoms with Crippen LogP contribution in [0.3, 0.4) is 0 Å². The maximum Gasteiger partial charge on any atom is 0.110 e. The zero-order valence-corrected chi connectivity index (χ0v) is 8.49. The van der Waals surface area contributed by atoms with Gasteiger partial charge in [0.15, 0.2) is 0 Å². The smallest absolute Gasteiger partial charge is 0.110 e. The summed E-state index contributed by atoms with van der Waals surface area (Å²) in [6, 6.07) is 9.66. The molecule has 0 bridgehead atoms. The van der Waals surface area contributed by atoms with Gasteiger partial charge in [-0.05, 0) is 24.6 Å². The van der Waals surface area contributed by atoms with Gasteiger partial charge in [-0.2, -0.15) is 5.26 Å². The van der Waals surface area contributed by atoms with Crippen molar-refractivity contribution in [2.75, 3.05) is 0 Å². The molecule has 3 heteroatoms. The van der Waals surface area contributed by atoms with Crippen molar-refractivity contribution in [1.29, 1.82) is 5.26 Å². The minimum atomic E-state index is 0.689. The molecule has 15 heavy (non-hydrogen) atoms. The molecule has 74 valence electrons. The van der Waals surface area contributed by atoms with Gasteiger partial charge in [0.25, 0.3) is 0 Å². The number of aryl methyl sites for hydroxylation is 1. The van der Waals surface area contributed by atoms with E-state index in [-0.39, 0.29) is 0 Å². The normalized spacial score (nSPS) is 9.87. The second kappa shape index (κ2) is 3.97. The largest absolute Gasteiger partial charge is 0.346 e. The van der Waals surface area contributed by atoms with Gasteiger partial charge in [-0.3, -0.25) is 0 Å². The van der Waals surface area contributed by atoms with E-state index in [2.05, 4.69) is 16.0 Å². The number of hydrogen-bond acceptors (Lipinski definition) is 2. The molecular formula is C12H11N3. The first-order valence-electron chi connectivity index (χ1n) is 4.77. The van der Waals surface area contributed by atoms with E-state index < -0.39 is 0 Å². The average Bonchev–Trinajstić information content (AvgIpc) is 2.65. The van der Waals surface area contributed by atoms with Crippen LogP contribution in [0.5, 0.6) is 0 Å². The van der Waals surface area contributed by atoms with Gasteiger partial charge in [-0.25, -0.2) is 4.98 Å². The van der Waals surface area contributed by atoms with Crippen LogP contribution < -0.4 is 0 Å². The van der Waals surface area contributed by atoms with Gasteiger partial charge in [-0.15, -0.1) is 0 Å². The number of nitrogens with one attached hydrogen (secondary N) is 1. The van der Waals surface area contributed by atoms with E-state index in [4.69, 9.17) is 5.26 Å². The first kappa shape index (κ1) is 9.47. The zero-order valence-electron chi connectivity index (χ0n) is 8.49. The van der Waals surface area contributed by atoms with Crippen LogP contribution in [0, 0.1) is 18.3 Å². The summed E-state index contributed by atoms with van der Waals surface area (Å²) in [6.07, 6.45) is 2.60. The number of rotatable bonds is 2. The van der Waals surface area contributed by atoms with Crippen LogP contribution in [0.25, 0.3) is 0 Å². The second-order valence-corrected chi connectivity index (χ2v) is 3.50. The Morgan fingerprint density at radius 3 is 2.60 bits per heavy atom. The van der Waals surface area contributed by atoms with Gasteiger partial charge < -0.3 is 4.98 Å². The van der Waals surface area contributed by atoms with Crippen molar-refractivity contribution in [3.05, 3.63) is 53.1 Å². The maximum atomic E-state index is 8.65. The Kier molecular flexibility index (Phi) is 2.51. The molecule has 0 spiro atoms. The Balaban J connectivity index is 2.15. The first-order valence-corrected chi connectivity index (χ1v) is 4.77. The quantitative estimate of drug-likeness (QED) is 0.802. The van der Waals surface area contributed by atoms with E-state index >= 15 is 0 Å². The SMILES string of the molecule is Cc1cnc(Cc2ccc(C#N)cc2)[nH]1. The highest BCUT2D eigenvalue weighted by molar-refractivity contribution is 5.32. The monoisotopic (exact) mass is 197 g/mol. The summed E-state index contributed by atoms with van der Waals surface area (Å²) in [5.74, 6) is 0.956. The molecule has 1 aromatic carbocycles. The number of hydrogen-bond donors (Lipinski definition) is 1. The third-order valence-electron chi connectivity index (χ3n) is 2.21. The van der Waals surface area contributed by atoms with Crippen LogP contribution in [-0.2, 0) is 6.42 Å². The minimum Gasteiger partial charge on any atom is -0.346 e. The zero-order chi connectivity index (χ0) is 10.7. The van der Waals surface area contributed by atoms with E-state index in [1.54, 1.807) is 0 Å². The number of nitriles is 1. The van der Waals surface area contributed by atoms with Crippen LogP contribution in [0.4, 0.5) is 0 Å². The van der Waals surface area contributed by atoms with Gasteiger partial charge in [-0.1, -0.05) is 12.1 Å². The molecule has 0 saturated carbocycles. The van der Waals surface area contributed by atoms with Crippen LogP contribution >= 0.6 is 0 Å². The lowest BCUT2D eigenvalue weighted by atomic mass is 10.1. The molecule has 0 unspecified atom stereocenters. The predicted molar refractivity (Wildman–Crippen MR) is 57.3 cm³/mol. The number of nitrogens with zero attached hydrogens (tertiary/aromatic N) is 2. The number of imidazole rings is 1. The molecule has 0 aliphatic carbocycles. The average molecular weight is 197 g/mol. The molecule has 0 aliphatic rings. The lowest BCUT2D eigenvalue weighted by Crippen LogP contribution is -1.90. The third kappa shape index (κ3) is 2.23. The molecule has 0 radical (unpaired) electrons. The van der Waals surface area contributed by atoms with Crippen LogP contribution in [0.2, 0.25) is 0 Å². The summed E-state index contributed by atoms with van der Waals surface area (Å²) in [5, 5.41) is 8.65. The molecule has 3 nitrogen and oxygen atoms in total. The number of aromatic nitrogens is 2. The summed E-state index contributed by atoms with van der Waals surface area (Å²) in [6.45, 7) is 1.98. The van der Waals surface area contributed by atoms with E-state index in [0.29, 0.717) is 5.56 Å². The Hall–Kier alpha value is -2.08. The Morgan fingerprint density at radius 1 is 1.33 bits per heavy atom. The molecule has 2 aromatic rings.